The molecule has 3 N–H and O–H groups in total. The lowest BCUT2D eigenvalue weighted by Crippen LogP contribution is -2.37. The van der Waals surface area contributed by atoms with Crippen molar-refractivity contribution < 1.29 is 9.13 Å². The molecule has 27 heavy (non-hydrogen) atoms. The summed E-state index contributed by atoms with van der Waals surface area (Å²) in [6.07, 6.45) is 4.44. The summed E-state index contributed by atoms with van der Waals surface area (Å²) in [5, 5.41) is 7.59. The first-order valence-electron chi connectivity index (χ1n) is 8.38. The number of rotatable bonds is 6. The van der Waals surface area contributed by atoms with Gasteiger partial charge in [-0.3, -0.25) is 4.99 Å². The molecule has 1 aromatic carbocycles. The Morgan fingerprint density at radius 1 is 1.26 bits per heavy atom. The zero-order valence-corrected chi connectivity index (χ0v) is 17.6. The lowest BCUT2D eigenvalue weighted by molar-refractivity contribution is 0.397. The second-order valence-corrected chi connectivity index (χ2v) is 5.81. The van der Waals surface area contributed by atoms with Crippen LogP contribution in [-0.4, -0.2) is 36.6 Å². The molecular weight excluding hydrogens is 460 g/mol. The quantitative estimate of drug-likeness (QED) is 0.286. The van der Waals surface area contributed by atoms with Crippen molar-refractivity contribution in [1.29, 1.82) is 0 Å². The molecule has 0 aliphatic rings. The molecule has 0 unspecified atom stereocenters. The summed E-state index contributed by atoms with van der Waals surface area (Å²) >= 11 is 0. The van der Waals surface area contributed by atoms with Crippen molar-refractivity contribution in [2.45, 2.75) is 13.0 Å². The third-order valence-corrected chi connectivity index (χ3v) is 4.11. The van der Waals surface area contributed by atoms with Crippen LogP contribution in [0, 0.1) is 5.82 Å². The van der Waals surface area contributed by atoms with Crippen LogP contribution in [0.25, 0.3) is 10.9 Å². The van der Waals surface area contributed by atoms with Gasteiger partial charge >= 0.3 is 0 Å². The molecule has 0 amide bonds. The maximum absolute atomic E-state index is 13.3. The Bertz CT molecular complexity index is 912. The number of nitrogens with one attached hydrogen (secondary N) is 3. The SMILES string of the molecule is CN=C(NCCc1c[nH]c2cc(F)ccc12)NCc1ccnc(OC)c1.I. The van der Waals surface area contributed by atoms with Crippen LogP contribution in [0.3, 0.4) is 0 Å². The predicted octanol–water partition coefficient (Wildman–Crippen LogP) is 3.24. The van der Waals surface area contributed by atoms with Gasteiger partial charge in [-0.15, -0.1) is 24.0 Å². The van der Waals surface area contributed by atoms with E-state index in [1.54, 1.807) is 26.4 Å². The molecule has 0 fully saturated rings. The summed E-state index contributed by atoms with van der Waals surface area (Å²) in [5.74, 6) is 1.07. The van der Waals surface area contributed by atoms with Gasteiger partial charge in [0.1, 0.15) is 5.82 Å². The van der Waals surface area contributed by atoms with Crippen molar-refractivity contribution in [2.24, 2.45) is 4.99 Å². The summed E-state index contributed by atoms with van der Waals surface area (Å²) < 4.78 is 18.4. The highest BCUT2D eigenvalue weighted by atomic mass is 127. The van der Waals surface area contributed by atoms with Gasteiger partial charge in [-0.25, -0.2) is 9.37 Å². The van der Waals surface area contributed by atoms with Crippen LogP contribution < -0.4 is 15.4 Å². The van der Waals surface area contributed by atoms with E-state index in [0.717, 1.165) is 28.5 Å². The van der Waals surface area contributed by atoms with Crippen LogP contribution in [0.2, 0.25) is 0 Å². The van der Waals surface area contributed by atoms with Gasteiger partial charge in [0.05, 0.1) is 7.11 Å². The highest BCUT2D eigenvalue weighted by Crippen LogP contribution is 2.19. The number of aliphatic imine (C=N–C) groups is 1. The average molecular weight is 483 g/mol. The standard InChI is InChI=1S/C19H22FN5O.HI/c1-21-19(25-11-13-5-7-22-18(9-13)26-2)23-8-6-14-12-24-17-10-15(20)3-4-16(14)17;/h3-5,7,9-10,12,24H,6,8,11H2,1-2H3,(H2,21,23,25);1H. The van der Waals surface area contributed by atoms with Gasteiger partial charge in [0, 0.05) is 49.5 Å². The molecule has 0 spiro atoms. The van der Waals surface area contributed by atoms with Crippen LogP contribution in [-0.2, 0) is 13.0 Å². The normalized spacial score (nSPS) is 11.1. The van der Waals surface area contributed by atoms with Crippen molar-refractivity contribution in [1.82, 2.24) is 20.6 Å². The van der Waals surface area contributed by atoms with Gasteiger partial charge in [-0.2, -0.15) is 0 Å². The zero-order valence-electron chi connectivity index (χ0n) is 15.3. The Labute approximate surface area is 174 Å². The molecular formula is C19H23FIN5O. The molecule has 2 heterocycles. The first-order chi connectivity index (χ1) is 12.7. The summed E-state index contributed by atoms with van der Waals surface area (Å²) in [7, 11) is 3.33. The van der Waals surface area contributed by atoms with Gasteiger partial charge in [0.25, 0.3) is 0 Å². The Morgan fingerprint density at radius 2 is 2.11 bits per heavy atom. The number of benzene rings is 1. The lowest BCUT2D eigenvalue weighted by Gasteiger charge is -2.12. The third kappa shape index (κ3) is 5.56. The molecule has 0 radical (unpaired) electrons. The van der Waals surface area contributed by atoms with Crippen molar-refractivity contribution in [3.05, 3.63) is 59.7 Å². The Morgan fingerprint density at radius 3 is 2.89 bits per heavy atom. The summed E-state index contributed by atoms with van der Waals surface area (Å²) in [6, 6.07) is 8.60. The number of nitrogens with zero attached hydrogens (tertiary/aromatic N) is 2. The van der Waals surface area contributed by atoms with E-state index < -0.39 is 0 Å². The van der Waals surface area contributed by atoms with Crippen molar-refractivity contribution in [3.63, 3.8) is 0 Å². The number of methoxy groups -OCH3 is 1. The maximum atomic E-state index is 13.3. The van der Waals surface area contributed by atoms with Crippen molar-refractivity contribution in [2.75, 3.05) is 20.7 Å². The van der Waals surface area contributed by atoms with E-state index in [9.17, 15) is 4.39 Å². The molecule has 0 bridgehead atoms. The summed E-state index contributed by atoms with van der Waals surface area (Å²) in [4.78, 5) is 11.4. The number of hydrogen-bond donors (Lipinski definition) is 3. The number of pyridine rings is 1. The third-order valence-electron chi connectivity index (χ3n) is 4.11. The molecule has 2 aromatic heterocycles. The lowest BCUT2D eigenvalue weighted by atomic mass is 10.1. The summed E-state index contributed by atoms with van der Waals surface area (Å²) in [5.41, 5.74) is 3.01. The van der Waals surface area contributed by atoms with E-state index >= 15 is 0 Å². The minimum Gasteiger partial charge on any atom is -0.481 e. The molecule has 3 aromatic rings. The van der Waals surface area contributed by atoms with E-state index in [1.807, 2.05) is 18.3 Å². The number of hydrogen-bond acceptors (Lipinski definition) is 3. The number of aromatic nitrogens is 2. The number of guanidine groups is 1. The van der Waals surface area contributed by atoms with E-state index in [0.29, 0.717) is 24.9 Å². The monoisotopic (exact) mass is 483 g/mol. The first-order valence-corrected chi connectivity index (χ1v) is 8.38. The van der Waals surface area contributed by atoms with Gasteiger partial charge in [0.2, 0.25) is 5.88 Å². The van der Waals surface area contributed by atoms with E-state index in [2.05, 4.69) is 25.6 Å². The molecule has 0 saturated carbocycles. The molecule has 6 nitrogen and oxygen atoms in total. The Balaban J connectivity index is 0.00000261. The molecule has 0 saturated heterocycles. The highest BCUT2D eigenvalue weighted by Gasteiger charge is 2.05. The fourth-order valence-corrected chi connectivity index (χ4v) is 2.76. The fraction of sp³-hybridized carbons (Fsp3) is 0.263. The van der Waals surface area contributed by atoms with Gasteiger partial charge in [-0.05, 0) is 41.8 Å². The Hall–Kier alpha value is -2.36. The zero-order chi connectivity index (χ0) is 18.4. The smallest absolute Gasteiger partial charge is 0.213 e. The molecule has 8 heteroatoms. The highest BCUT2D eigenvalue weighted by molar-refractivity contribution is 14.0. The van der Waals surface area contributed by atoms with Crippen LogP contribution in [0.15, 0.2) is 47.7 Å². The topological polar surface area (TPSA) is 74.3 Å². The van der Waals surface area contributed by atoms with Crippen LogP contribution >= 0.6 is 24.0 Å². The van der Waals surface area contributed by atoms with Crippen LogP contribution in [0.1, 0.15) is 11.1 Å². The second-order valence-electron chi connectivity index (χ2n) is 5.81. The van der Waals surface area contributed by atoms with E-state index in [4.69, 9.17) is 4.74 Å². The van der Waals surface area contributed by atoms with Crippen LogP contribution in [0.4, 0.5) is 4.39 Å². The van der Waals surface area contributed by atoms with Crippen molar-refractivity contribution in [3.8, 4) is 5.88 Å². The average Bonchev–Trinajstić information content (AvgIpc) is 3.06. The van der Waals surface area contributed by atoms with Gasteiger partial charge in [-0.1, -0.05) is 0 Å². The number of aromatic amines is 1. The van der Waals surface area contributed by atoms with Gasteiger partial charge in [0.15, 0.2) is 5.96 Å². The van der Waals surface area contributed by atoms with Gasteiger partial charge < -0.3 is 20.4 Å². The Kier molecular flexibility index (Phi) is 7.83. The molecule has 0 atom stereocenters. The predicted molar refractivity (Wildman–Crippen MR) is 116 cm³/mol. The van der Waals surface area contributed by atoms with Crippen molar-refractivity contribution >= 4 is 40.8 Å². The number of fused-ring (bicyclic) bond motifs is 1. The minimum atomic E-state index is -0.235. The largest absolute Gasteiger partial charge is 0.481 e. The van der Waals surface area contributed by atoms with Crippen LogP contribution in [0.5, 0.6) is 5.88 Å². The molecule has 144 valence electrons. The first kappa shape index (κ1) is 20.9. The summed E-state index contributed by atoms with van der Waals surface area (Å²) in [6.45, 7) is 1.33. The molecule has 3 rings (SSSR count). The number of H-pyrrole nitrogens is 1. The second kappa shape index (κ2) is 10.1. The fourth-order valence-electron chi connectivity index (χ4n) is 2.76. The van der Waals surface area contributed by atoms with E-state index in [1.165, 1.54) is 12.1 Å². The molecule has 0 aliphatic heterocycles. The maximum Gasteiger partial charge on any atom is 0.213 e. The van der Waals surface area contributed by atoms with E-state index in [-0.39, 0.29) is 29.8 Å². The number of ether oxygens (including phenoxy) is 1. The number of halogens is 2. The molecule has 0 aliphatic carbocycles. The minimum absolute atomic E-state index is 0.